The molecule has 472 valence electrons. The molecule has 2 saturated carbocycles. The molecule has 0 bridgehead atoms. The van der Waals surface area contributed by atoms with Crippen LogP contribution in [0.25, 0.3) is 0 Å². The van der Waals surface area contributed by atoms with Gasteiger partial charge in [0.1, 0.15) is 11.4 Å². The molecular formula is C68H122N12O3. The van der Waals surface area contributed by atoms with Crippen LogP contribution < -0.4 is 0 Å². The number of hydrogen-bond donors (Lipinski definition) is 0. The molecule has 0 radical (unpaired) electrons. The third kappa shape index (κ3) is 18.5. The second-order valence-electron chi connectivity index (χ2n) is 29.8. The minimum absolute atomic E-state index is 0.290. The summed E-state index contributed by atoms with van der Waals surface area (Å²) in [5, 5.41) is 17.8. The van der Waals surface area contributed by atoms with Crippen LogP contribution in [0.5, 0.6) is 0 Å². The number of likely N-dealkylation sites (tertiary alicyclic amines) is 6. The van der Waals surface area contributed by atoms with Crippen molar-refractivity contribution in [3.8, 4) is 0 Å². The van der Waals surface area contributed by atoms with Crippen LogP contribution in [0, 0.1) is 59.2 Å². The largest absolute Gasteiger partial charge is 0.378 e. The summed E-state index contributed by atoms with van der Waals surface area (Å²) in [6.07, 6.45) is 31.7. The normalized spacial score (nSPS) is 32.2. The van der Waals surface area contributed by atoms with Gasteiger partial charge in [0, 0.05) is 63.4 Å². The van der Waals surface area contributed by atoms with Gasteiger partial charge in [-0.3, -0.25) is 9.80 Å². The number of nitrogens with zero attached hydrogens (tertiary/aromatic N) is 12. The van der Waals surface area contributed by atoms with E-state index in [0.717, 1.165) is 83.9 Å². The van der Waals surface area contributed by atoms with Crippen molar-refractivity contribution in [3.05, 3.63) is 23.8 Å². The summed E-state index contributed by atoms with van der Waals surface area (Å²) in [6, 6.07) is 3.05. The van der Waals surface area contributed by atoms with Gasteiger partial charge in [-0.25, -0.2) is 9.36 Å². The van der Waals surface area contributed by atoms with Gasteiger partial charge < -0.3 is 33.8 Å². The molecule has 8 heterocycles. The van der Waals surface area contributed by atoms with Gasteiger partial charge in [0.05, 0.1) is 64.1 Å². The molecular weight excluding hydrogens is 1030 g/mol. The highest BCUT2D eigenvalue weighted by molar-refractivity contribution is 4.95. The first-order valence-corrected chi connectivity index (χ1v) is 35.4. The third-order valence-corrected chi connectivity index (χ3v) is 23.6. The Labute approximate surface area is 505 Å². The molecule has 6 aliphatic heterocycles. The molecule has 8 aliphatic rings. The summed E-state index contributed by atoms with van der Waals surface area (Å²) in [6.45, 7) is 41.0. The Bertz CT molecular complexity index is 1960. The fourth-order valence-electron chi connectivity index (χ4n) is 18.1. The van der Waals surface area contributed by atoms with Crippen LogP contribution in [0.4, 0.5) is 0 Å². The van der Waals surface area contributed by atoms with E-state index in [1.165, 1.54) is 207 Å². The summed E-state index contributed by atoms with van der Waals surface area (Å²) in [5.41, 5.74) is 1.81. The molecule has 6 saturated heterocycles. The Hall–Kier alpha value is -2.08. The van der Waals surface area contributed by atoms with Crippen molar-refractivity contribution >= 4 is 0 Å². The maximum Gasteiger partial charge on any atom is 0.108 e. The summed E-state index contributed by atoms with van der Waals surface area (Å²) < 4.78 is 23.2. The van der Waals surface area contributed by atoms with Gasteiger partial charge in [0.25, 0.3) is 0 Å². The van der Waals surface area contributed by atoms with Crippen LogP contribution in [0.2, 0.25) is 0 Å². The summed E-state index contributed by atoms with van der Waals surface area (Å²) in [4.78, 5) is 16.8. The van der Waals surface area contributed by atoms with E-state index in [-0.39, 0.29) is 0 Å². The molecule has 0 amide bonds. The van der Waals surface area contributed by atoms with Gasteiger partial charge >= 0.3 is 0 Å². The maximum atomic E-state index is 6.67. The maximum absolute atomic E-state index is 6.67. The van der Waals surface area contributed by atoms with Crippen LogP contribution >= 0.6 is 0 Å². The predicted molar refractivity (Wildman–Crippen MR) is 335 cm³/mol. The molecule has 83 heavy (non-hydrogen) atoms. The smallest absolute Gasteiger partial charge is 0.108 e. The van der Waals surface area contributed by atoms with Crippen molar-refractivity contribution in [1.82, 2.24) is 59.4 Å². The number of ether oxygens (including phenoxy) is 3. The molecule has 15 heteroatoms. The van der Waals surface area contributed by atoms with Crippen LogP contribution in [-0.2, 0) is 40.5 Å². The van der Waals surface area contributed by atoms with Crippen molar-refractivity contribution in [2.75, 3.05) is 105 Å². The summed E-state index contributed by atoms with van der Waals surface area (Å²) in [5.74, 6) is 7.72. The molecule has 0 spiro atoms. The zero-order valence-corrected chi connectivity index (χ0v) is 54.3. The topological polar surface area (TPSA) is 109 Å². The van der Waals surface area contributed by atoms with E-state index in [2.05, 4.69) is 105 Å². The molecule has 15 nitrogen and oxygen atoms in total. The highest BCUT2D eigenvalue weighted by atomic mass is 16.5. The molecule has 10 unspecified atom stereocenters. The quantitative estimate of drug-likeness (QED) is 0.0835. The average molecular weight is 1160 g/mol. The summed E-state index contributed by atoms with van der Waals surface area (Å²) >= 11 is 0. The highest BCUT2D eigenvalue weighted by Crippen LogP contribution is 2.41. The van der Waals surface area contributed by atoms with Crippen LogP contribution in [0.15, 0.2) is 12.4 Å². The zero-order valence-electron chi connectivity index (χ0n) is 54.3. The van der Waals surface area contributed by atoms with E-state index in [4.69, 9.17) is 14.2 Å². The molecule has 8 fully saturated rings. The van der Waals surface area contributed by atoms with E-state index in [0.29, 0.717) is 75.4 Å². The second kappa shape index (κ2) is 31.9. The Morgan fingerprint density at radius 3 is 1.12 bits per heavy atom. The first-order valence-electron chi connectivity index (χ1n) is 35.4. The minimum Gasteiger partial charge on any atom is -0.378 e. The number of piperidine rings is 6. The van der Waals surface area contributed by atoms with Gasteiger partial charge in [-0.15, -0.1) is 10.2 Å². The molecule has 2 aromatic rings. The Balaban J connectivity index is 0.550. The Morgan fingerprint density at radius 1 is 0.422 bits per heavy atom. The molecule has 0 aromatic carbocycles. The first-order chi connectivity index (χ1) is 40.4. The van der Waals surface area contributed by atoms with E-state index in [1.807, 2.05) is 21.8 Å². The van der Waals surface area contributed by atoms with Crippen molar-refractivity contribution < 1.29 is 14.2 Å². The number of rotatable bonds is 26. The lowest BCUT2D eigenvalue weighted by atomic mass is 9.73. The SMILES string of the molecule is CC(C)C1CC(CN2CCC(C3CCN(CCN4C(C)CCCC4C)CC3)CC2)CCC1OCc1cn(CCOCCn2cc(COC3CCC(CN4CCC(C5CCN(CCN6C(C)CCCC6C)CC5)CC4)CC3C(C)C)nn2)nn1. The Kier molecular flexibility index (Phi) is 24.6. The molecule has 2 aliphatic carbocycles. The average Bonchev–Trinajstić information content (AvgIpc) is 4.31. The minimum atomic E-state index is 0.290. The van der Waals surface area contributed by atoms with E-state index in [1.54, 1.807) is 0 Å². The van der Waals surface area contributed by atoms with Gasteiger partial charge in [-0.05, 0) is 255 Å². The van der Waals surface area contributed by atoms with Crippen molar-refractivity contribution in [1.29, 1.82) is 0 Å². The lowest BCUT2D eigenvalue weighted by Crippen LogP contribution is -2.48. The zero-order chi connectivity index (χ0) is 57.7. The van der Waals surface area contributed by atoms with Gasteiger partial charge in [-0.1, -0.05) is 51.0 Å². The Morgan fingerprint density at radius 2 is 0.771 bits per heavy atom. The van der Waals surface area contributed by atoms with Crippen molar-refractivity contribution in [3.63, 3.8) is 0 Å². The third-order valence-electron chi connectivity index (χ3n) is 23.6. The monoisotopic (exact) mass is 1150 g/mol. The lowest BCUT2D eigenvalue weighted by Gasteiger charge is -2.44. The fraction of sp³-hybridized carbons (Fsp3) is 0.941. The molecule has 10 rings (SSSR count). The number of hydrogen-bond acceptors (Lipinski definition) is 13. The predicted octanol–water partition coefficient (Wildman–Crippen LogP) is 10.9. The summed E-state index contributed by atoms with van der Waals surface area (Å²) in [7, 11) is 0. The molecule has 10 atom stereocenters. The van der Waals surface area contributed by atoms with Crippen LogP contribution in [0.3, 0.4) is 0 Å². The number of aromatic nitrogens is 6. The van der Waals surface area contributed by atoms with Crippen LogP contribution in [0.1, 0.15) is 195 Å². The van der Waals surface area contributed by atoms with Crippen LogP contribution in [-0.4, -0.2) is 201 Å². The lowest BCUT2D eigenvalue weighted by molar-refractivity contribution is -0.0523. The molecule has 2 aromatic heterocycles. The van der Waals surface area contributed by atoms with E-state index in [9.17, 15) is 0 Å². The van der Waals surface area contributed by atoms with Gasteiger partial charge in [-0.2, -0.15) is 0 Å². The van der Waals surface area contributed by atoms with E-state index < -0.39 is 0 Å². The van der Waals surface area contributed by atoms with Crippen molar-refractivity contribution in [2.24, 2.45) is 59.2 Å². The fourth-order valence-corrected chi connectivity index (χ4v) is 18.1. The van der Waals surface area contributed by atoms with E-state index >= 15 is 0 Å². The first kappa shape index (κ1) is 63.9. The van der Waals surface area contributed by atoms with Gasteiger partial charge in [0.15, 0.2) is 0 Å². The molecule has 0 N–H and O–H groups in total. The van der Waals surface area contributed by atoms with Crippen molar-refractivity contribution in [2.45, 2.75) is 246 Å². The highest BCUT2D eigenvalue weighted by Gasteiger charge is 2.39. The second-order valence-corrected chi connectivity index (χ2v) is 29.8. The standard InChI is InChI=1S/C68H122N12O3/c1-51(2)65-43-57(45-75-31-23-61(24-32-75)59-19-27-73(28-20-59)35-37-79-53(5)11-9-12-54(79)6)15-17-67(65)82-49-63-47-77(71-69-63)39-41-81-42-40-78-48-64(70-72-78)50-83-68-18-16-58(44-66(68)52(3)4)46-76-33-25-62(26-34-76)60-21-29-74(30-22-60)36-38-80-55(7)13-10-14-56(80)8/h47-48,51-62,65-68H,9-46,49-50H2,1-8H3. The van der Waals surface area contributed by atoms with Gasteiger partial charge in [0.2, 0.25) is 0 Å².